The maximum Gasteiger partial charge on any atom is 0.256 e. The predicted octanol–water partition coefficient (Wildman–Crippen LogP) is 4.48. The van der Waals surface area contributed by atoms with Crippen molar-refractivity contribution >= 4 is 39.8 Å². The number of amides is 2. The van der Waals surface area contributed by atoms with Gasteiger partial charge in [-0.1, -0.05) is 17.7 Å². The summed E-state index contributed by atoms with van der Waals surface area (Å²) in [5, 5.41) is 6.78. The van der Waals surface area contributed by atoms with Crippen molar-refractivity contribution in [2.75, 3.05) is 12.4 Å². The van der Waals surface area contributed by atoms with E-state index in [-0.39, 0.29) is 11.8 Å². The molecular weight excluding hydrogens is 422 g/mol. The van der Waals surface area contributed by atoms with Crippen molar-refractivity contribution in [2.45, 2.75) is 25.8 Å². The minimum atomic E-state index is -0.319. The Morgan fingerprint density at radius 2 is 2.10 bits per heavy atom. The average molecular weight is 442 g/mol. The van der Waals surface area contributed by atoms with E-state index in [0.29, 0.717) is 33.4 Å². The largest absolute Gasteiger partial charge is 0.495 e. The van der Waals surface area contributed by atoms with Crippen molar-refractivity contribution in [1.82, 2.24) is 10.3 Å². The number of aryl methyl sites for hydroxylation is 1. The minimum absolute atomic E-state index is 0.193. The van der Waals surface area contributed by atoms with Gasteiger partial charge in [-0.15, -0.1) is 11.3 Å². The van der Waals surface area contributed by atoms with E-state index in [4.69, 9.17) is 16.3 Å². The molecule has 1 aliphatic carbocycles. The molecule has 0 saturated heterocycles. The van der Waals surface area contributed by atoms with E-state index in [2.05, 4.69) is 15.6 Å². The highest BCUT2D eigenvalue weighted by atomic mass is 35.5. The van der Waals surface area contributed by atoms with E-state index in [9.17, 15) is 9.59 Å². The van der Waals surface area contributed by atoms with Crippen LogP contribution in [0.5, 0.6) is 5.75 Å². The average Bonchev–Trinajstić information content (AvgIpc) is 3.33. The first-order valence-electron chi connectivity index (χ1n) is 9.53. The van der Waals surface area contributed by atoms with Crippen LogP contribution >= 0.6 is 22.9 Å². The highest BCUT2D eigenvalue weighted by Crippen LogP contribution is 2.39. The van der Waals surface area contributed by atoms with Gasteiger partial charge in [0.15, 0.2) is 0 Å². The number of methoxy groups -OCH3 is 1. The second-order valence-electron chi connectivity index (χ2n) is 6.91. The molecule has 0 aliphatic heterocycles. The summed E-state index contributed by atoms with van der Waals surface area (Å²) in [6, 6.07) is 8.58. The Hall–Kier alpha value is -2.90. The Morgan fingerprint density at radius 3 is 2.83 bits per heavy atom. The van der Waals surface area contributed by atoms with Crippen LogP contribution in [0.25, 0.3) is 0 Å². The second-order valence-corrected chi connectivity index (χ2v) is 8.42. The van der Waals surface area contributed by atoms with Crippen LogP contribution in [0.2, 0.25) is 5.02 Å². The lowest BCUT2D eigenvalue weighted by atomic mass is 10.1. The molecule has 0 atom stereocenters. The van der Waals surface area contributed by atoms with Gasteiger partial charge in [0.1, 0.15) is 10.8 Å². The SMILES string of the molecule is COc1ccc(C(=O)Nc2sc3c(c2C(=O)NCc2cccnc2)CCC3)cc1Cl. The fraction of sp³-hybridized carbons (Fsp3) is 0.227. The summed E-state index contributed by atoms with van der Waals surface area (Å²) in [6.45, 7) is 0.374. The maximum absolute atomic E-state index is 13.0. The number of ether oxygens (including phenoxy) is 1. The molecule has 2 aromatic heterocycles. The van der Waals surface area contributed by atoms with Crippen molar-refractivity contribution < 1.29 is 14.3 Å². The second kappa shape index (κ2) is 8.85. The number of anilines is 1. The zero-order chi connectivity index (χ0) is 21.1. The van der Waals surface area contributed by atoms with Crippen LogP contribution < -0.4 is 15.4 Å². The molecule has 154 valence electrons. The number of benzene rings is 1. The molecule has 0 fully saturated rings. The molecule has 3 aromatic rings. The van der Waals surface area contributed by atoms with Gasteiger partial charge in [-0.05, 0) is 54.7 Å². The van der Waals surface area contributed by atoms with Crippen molar-refractivity contribution in [3.8, 4) is 5.75 Å². The van der Waals surface area contributed by atoms with E-state index in [0.717, 1.165) is 35.3 Å². The molecule has 0 radical (unpaired) electrons. The third-order valence-electron chi connectivity index (χ3n) is 4.97. The van der Waals surface area contributed by atoms with Crippen molar-refractivity contribution in [3.63, 3.8) is 0 Å². The molecule has 0 saturated carbocycles. The molecule has 2 N–H and O–H groups in total. The lowest BCUT2D eigenvalue weighted by molar-refractivity contribution is 0.0951. The number of carbonyl (C=O) groups is 2. The van der Waals surface area contributed by atoms with Crippen LogP contribution in [0, 0.1) is 0 Å². The highest BCUT2D eigenvalue weighted by Gasteiger charge is 2.27. The number of pyridine rings is 1. The summed E-state index contributed by atoms with van der Waals surface area (Å²) in [7, 11) is 1.52. The van der Waals surface area contributed by atoms with Crippen LogP contribution in [0.4, 0.5) is 5.00 Å². The van der Waals surface area contributed by atoms with E-state index >= 15 is 0 Å². The standard InChI is InChI=1S/C22H20ClN3O3S/c1-29-17-8-7-14(10-16(17)23)20(27)26-22-19(15-5-2-6-18(15)30-22)21(28)25-12-13-4-3-9-24-11-13/h3-4,7-11H,2,5-6,12H2,1H3,(H,25,28)(H,26,27). The summed E-state index contributed by atoms with van der Waals surface area (Å²) in [5.74, 6) is -0.0131. The number of halogens is 1. The quantitative estimate of drug-likeness (QED) is 0.591. The molecule has 4 rings (SSSR count). The lowest BCUT2D eigenvalue weighted by Gasteiger charge is -2.10. The Labute approximate surface area is 183 Å². The first-order valence-corrected chi connectivity index (χ1v) is 10.7. The molecule has 6 nitrogen and oxygen atoms in total. The Morgan fingerprint density at radius 1 is 1.23 bits per heavy atom. The van der Waals surface area contributed by atoms with Crippen LogP contribution in [0.15, 0.2) is 42.7 Å². The molecule has 2 heterocycles. The molecular formula is C22H20ClN3O3S. The van der Waals surface area contributed by atoms with E-state index in [1.807, 2.05) is 12.1 Å². The summed E-state index contributed by atoms with van der Waals surface area (Å²) >= 11 is 7.62. The molecule has 0 unspecified atom stereocenters. The Kier molecular flexibility index (Phi) is 6.01. The minimum Gasteiger partial charge on any atom is -0.495 e. The molecule has 1 aliphatic rings. The summed E-state index contributed by atoms with van der Waals surface area (Å²) in [4.78, 5) is 31.0. The number of carbonyl (C=O) groups excluding carboxylic acids is 2. The number of thiophene rings is 1. The van der Waals surface area contributed by atoms with Gasteiger partial charge in [0.25, 0.3) is 11.8 Å². The molecule has 30 heavy (non-hydrogen) atoms. The summed E-state index contributed by atoms with van der Waals surface area (Å²) < 4.78 is 5.13. The first-order chi connectivity index (χ1) is 14.6. The van der Waals surface area contributed by atoms with E-state index < -0.39 is 0 Å². The molecule has 1 aromatic carbocycles. The predicted molar refractivity (Wildman–Crippen MR) is 118 cm³/mol. The van der Waals surface area contributed by atoms with Gasteiger partial charge in [0.2, 0.25) is 0 Å². The molecule has 0 spiro atoms. The van der Waals surface area contributed by atoms with Gasteiger partial charge >= 0.3 is 0 Å². The van der Waals surface area contributed by atoms with Gasteiger partial charge in [-0.2, -0.15) is 0 Å². The van der Waals surface area contributed by atoms with Gasteiger partial charge < -0.3 is 15.4 Å². The van der Waals surface area contributed by atoms with Gasteiger partial charge in [-0.25, -0.2) is 0 Å². The number of nitrogens with zero attached hydrogens (tertiary/aromatic N) is 1. The first kappa shape index (κ1) is 20.4. The van der Waals surface area contributed by atoms with Crippen LogP contribution in [0.1, 0.15) is 43.1 Å². The summed E-state index contributed by atoms with van der Waals surface area (Å²) in [6.07, 6.45) is 6.19. The van der Waals surface area contributed by atoms with Crippen LogP contribution in [-0.2, 0) is 19.4 Å². The van der Waals surface area contributed by atoms with Crippen molar-refractivity contribution in [2.24, 2.45) is 0 Å². The van der Waals surface area contributed by atoms with Crippen LogP contribution in [-0.4, -0.2) is 23.9 Å². The normalized spacial score (nSPS) is 12.3. The van der Waals surface area contributed by atoms with Crippen LogP contribution in [0.3, 0.4) is 0 Å². The summed E-state index contributed by atoms with van der Waals surface area (Å²) in [5.41, 5.74) is 2.91. The zero-order valence-electron chi connectivity index (χ0n) is 16.3. The number of nitrogens with one attached hydrogen (secondary N) is 2. The topological polar surface area (TPSA) is 80.3 Å². The highest BCUT2D eigenvalue weighted by molar-refractivity contribution is 7.17. The molecule has 8 heteroatoms. The van der Waals surface area contributed by atoms with Gasteiger partial charge in [-0.3, -0.25) is 14.6 Å². The smallest absolute Gasteiger partial charge is 0.256 e. The number of hydrogen-bond acceptors (Lipinski definition) is 5. The number of hydrogen-bond donors (Lipinski definition) is 2. The number of fused-ring (bicyclic) bond motifs is 1. The monoisotopic (exact) mass is 441 g/mol. The van der Waals surface area contributed by atoms with Crippen molar-refractivity contribution in [1.29, 1.82) is 0 Å². The fourth-order valence-corrected chi connectivity index (χ4v) is 5.03. The lowest BCUT2D eigenvalue weighted by Crippen LogP contribution is -2.25. The zero-order valence-corrected chi connectivity index (χ0v) is 17.9. The third kappa shape index (κ3) is 4.17. The molecule has 2 amide bonds. The van der Waals surface area contributed by atoms with E-state index in [1.165, 1.54) is 18.4 Å². The molecule has 0 bridgehead atoms. The van der Waals surface area contributed by atoms with Gasteiger partial charge in [0.05, 0.1) is 17.7 Å². The van der Waals surface area contributed by atoms with E-state index in [1.54, 1.807) is 30.6 Å². The Bertz CT molecular complexity index is 1100. The fourth-order valence-electron chi connectivity index (χ4n) is 3.49. The number of aromatic nitrogens is 1. The van der Waals surface area contributed by atoms with Crippen molar-refractivity contribution in [3.05, 3.63) is 74.9 Å². The number of rotatable bonds is 6. The maximum atomic E-state index is 13.0. The Balaban J connectivity index is 1.56. The third-order valence-corrected chi connectivity index (χ3v) is 6.47. The van der Waals surface area contributed by atoms with Gasteiger partial charge in [0, 0.05) is 29.4 Å².